The van der Waals surface area contributed by atoms with Crippen LogP contribution in [0.5, 0.6) is 0 Å². The van der Waals surface area contributed by atoms with Gasteiger partial charge in [-0.05, 0) is 73.3 Å². The number of nitrogens with one attached hydrogen (secondary N) is 2. The number of amides is 1. The summed E-state index contributed by atoms with van der Waals surface area (Å²) in [6, 6.07) is 9.78. The van der Waals surface area contributed by atoms with Gasteiger partial charge in [-0.25, -0.2) is 13.4 Å². The Bertz CT molecular complexity index is 1310. The maximum Gasteiger partial charge on any atom is 0.259 e. The first-order valence-corrected chi connectivity index (χ1v) is 15.5. The van der Waals surface area contributed by atoms with Crippen molar-refractivity contribution in [3.8, 4) is 0 Å². The minimum atomic E-state index is -3.51. The standard InChI is InChI=1S/C29H40N4O5S/c1-28(2,3)19-39(36,37)21-6-4-5-20(17-21)30-27(35)22-7-8-25(31-23-9-16-38-18-24(23)34)32-26(22)33-14-12-29(10-11-29)13-15-33/h4-8,17,23-24,34H,9-16,18-19H2,1-3H3,(H,30,35)(H,31,32)/t23-,24-/m1/s1. The summed E-state index contributed by atoms with van der Waals surface area (Å²) in [6.45, 7) is 8.17. The zero-order valence-electron chi connectivity index (χ0n) is 23.1. The van der Waals surface area contributed by atoms with Gasteiger partial charge in [-0.2, -0.15) is 0 Å². The molecule has 2 aliphatic heterocycles. The number of anilines is 3. The van der Waals surface area contributed by atoms with Gasteiger partial charge in [-0.3, -0.25) is 4.79 Å². The summed E-state index contributed by atoms with van der Waals surface area (Å²) in [7, 11) is -3.51. The highest BCUT2D eigenvalue weighted by molar-refractivity contribution is 7.91. The molecule has 3 fully saturated rings. The molecule has 1 aromatic carbocycles. The number of aliphatic hydroxyl groups excluding tert-OH is 1. The monoisotopic (exact) mass is 556 g/mol. The predicted octanol–water partition coefficient (Wildman–Crippen LogP) is 4.10. The van der Waals surface area contributed by atoms with Crippen molar-refractivity contribution < 1.29 is 23.1 Å². The average Bonchev–Trinajstić information content (AvgIpc) is 3.63. The van der Waals surface area contributed by atoms with E-state index in [0.29, 0.717) is 41.3 Å². The first-order valence-electron chi connectivity index (χ1n) is 13.9. The van der Waals surface area contributed by atoms with Crippen LogP contribution in [0.15, 0.2) is 41.3 Å². The van der Waals surface area contributed by atoms with E-state index in [1.807, 2.05) is 20.8 Å². The van der Waals surface area contributed by atoms with Gasteiger partial charge in [0.05, 0.1) is 35.0 Å². The summed E-state index contributed by atoms with van der Waals surface area (Å²) in [5.74, 6) is 0.880. The molecule has 212 valence electrons. The van der Waals surface area contributed by atoms with Gasteiger partial charge in [-0.1, -0.05) is 26.8 Å². The molecule has 3 N–H and O–H groups in total. The van der Waals surface area contributed by atoms with Crippen LogP contribution in [0.25, 0.3) is 0 Å². The van der Waals surface area contributed by atoms with E-state index in [4.69, 9.17) is 9.72 Å². The van der Waals surface area contributed by atoms with Crippen molar-refractivity contribution in [2.24, 2.45) is 10.8 Å². The third-order valence-electron chi connectivity index (χ3n) is 7.93. The summed E-state index contributed by atoms with van der Waals surface area (Å²) in [4.78, 5) is 20.8. The van der Waals surface area contributed by atoms with Gasteiger partial charge in [0, 0.05) is 25.4 Å². The van der Waals surface area contributed by atoms with Crippen LogP contribution < -0.4 is 15.5 Å². The highest BCUT2D eigenvalue weighted by Gasteiger charge is 2.45. The molecule has 0 bridgehead atoms. The van der Waals surface area contributed by atoms with Gasteiger partial charge >= 0.3 is 0 Å². The lowest BCUT2D eigenvalue weighted by atomic mass is 9.93. The first kappa shape index (κ1) is 27.9. The molecular weight excluding hydrogens is 516 g/mol. The molecule has 2 saturated heterocycles. The second-order valence-corrected chi connectivity index (χ2v) is 14.5. The van der Waals surface area contributed by atoms with Gasteiger partial charge in [0.2, 0.25) is 0 Å². The quantitative estimate of drug-likeness (QED) is 0.466. The number of carbonyl (C=O) groups is 1. The largest absolute Gasteiger partial charge is 0.389 e. The second kappa shape index (κ2) is 10.7. The number of hydrogen-bond donors (Lipinski definition) is 3. The number of piperidine rings is 1. The molecule has 1 aliphatic carbocycles. The molecule has 10 heteroatoms. The van der Waals surface area contributed by atoms with E-state index in [9.17, 15) is 18.3 Å². The molecule has 1 saturated carbocycles. The predicted molar refractivity (Wildman–Crippen MR) is 152 cm³/mol. The topological polar surface area (TPSA) is 121 Å². The van der Waals surface area contributed by atoms with Crippen LogP contribution in [0.2, 0.25) is 0 Å². The Morgan fingerprint density at radius 2 is 1.90 bits per heavy atom. The number of sulfone groups is 1. The number of nitrogens with zero attached hydrogens (tertiary/aromatic N) is 2. The molecule has 3 aliphatic rings. The molecule has 2 aromatic rings. The molecule has 5 rings (SSSR count). The maximum atomic E-state index is 13.6. The van der Waals surface area contributed by atoms with Crippen LogP contribution >= 0.6 is 0 Å². The zero-order chi connectivity index (χ0) is 27.8. The van der Waals surface area contributed by atoms with Crippen LogP contribution in [0.4, 0.5) is 17.3 Å². The number of benzene rings is 1. The molecule has 1 aromatic heterocycles. The zero-order valence-corrected chi connectivity index (χ0v) is 23.9. The lowest BCUT2D eigenvalue weighted by Crippen LogP contribution is -2.42. The van der Waals surface area contributed by atoms with Crippen molar-refractivity contribution in [3.05, 3.63) is 42.0 Å². The van der Waals surface area contributed by atoms with Crippen LogP contribution in [0, 0.1) is 10.8 Å². The van der Waals surface area contributed by atoms with Gasteiger partial charge in [0.25, 0.3) is 5.91 Å². The smallest absolute Gasteiger partial charge is 0.259 e. The van der Waals surface area contributed by atoms with E-state index in [2.05, 4.69) is 15.5 Å². The lowest BCUT2D eigenvalue weighted by molar-refractivity contribution is -0.0135. The van der Waals surface area contributed by atoms with E-state index in [-0.39, 0.29) is 34.6 Å². The molecule has 1 amide bonds. The third kappa shape index (κ3) is 6.73. The van der Waals surface area contributed by atoms with Gasteiger partial charge in [0.1, 0.15) is 11.6 Å². The van der Waals surface area contributed by atoms with Crippen LogP contribution in [0.3, 0.4) is 0 Å². The minimum Gasteiger partial charge on any atom is -0.389 e. The number of aliphatic hydroxyl groups is 1. The number of pyridine rings is 1. The Balaban J connectivity index is 1.39. The summed E-state index contributed by atoms with van der Waals surface area (Å²) in [5, 5.41) is 16.6. The van der Waals surface area contributed by atoms with Gasteiger partial charge < -0.3 is 25.4 Å². The summed E-state index contributed by atoms with van der Waals surface area (Å²) >= 11 is 0. The Morgan fingerprint density at radius 3 is 2.56 bits per heavy atom. The van der Waals surface area contributed by atoms with Crippen molar-refractivity contribution in [2.45, 2.75) is 69.9 Å². The highest BCUT2D eigenvalue weighted by atomic mass is 32.2. The SMILES string of the molecule is CC(C)(C)CS(=O)(=O)c1cccc(NC(=O)c2ccc(N[C@@H]3CCOC[C@H]3O)nc2N2CCC3(CC2)CC3)c1. The first-order chi connectivity index (χ1) is 18.4. The van der Waals surface area contributed by atoms with Crippen molar-refractivity contribution in [3.63, 3.8) is 0 Å². The molecule has 1 spiro atoms. The molecule has 3 heterocycles. The molecular formula is C29H40N4O5S. The molecule has 39 heavy (non-hydrogen) atoms. The Kier molecular flexibility index (Phi) is 7.65. The van der Waals surface area contributed by atoms with E-state index in [0.717, 1.165) is 25.9 Å². The summed E-state index contributed by atoms with van der Waals surface area (Å²) in [5.41, 5.74) is 0.939. The third-order valence-corrected chi connectivity index (χ3v) is 10.2. The van der Waals surface area contributed by atoms with E-state index in [1.54, 1.807) is 30.3 Å². The Labute approximate surface area is 231 Å². The average molecular weight is 557 g/mol. The number of ether oxygens (including phenoxy) is 1. The number of carbonyl (C=O) groups excluding carboxylic acids is 1. The molecule has 9 nitrogen and oxygen atoms in total. The molecule has 2 atom stereocenters. The lowest BCUT2D eigenvalue weighted by Gasteiger charge is -2.34. The van der Waals surface area contributed by atoms with Crippen LogP contribution in [0.1, 0.15) is 63.2 Å². The van der Waals surface area contributed by atoms with Crippen molar-refractivity contribution in [1.82, 2.24) is 4.98 Å². The van der Waals surface area contributed by atoms with Crippen molar-refractivity contribution >= 4 is 33.1 Å². The van der Waals surface area contributed by atoms with E-state index >= 15 is 0 Å². The fourth-order valence-electron chi connectivity index (χ4n) is 5.52. The maximum absolute atomic E-state index is 13.6. The fraction of sp³-hybridized carbons (Fsp3) is 0.586. The second-order valence-electron chi connectivity index (χ2n) is 12.5. The molecule has 0 unspecified atom stereocenters. The Hall–Kier alpha value is -2.69. The van der Waals surface area contributed by atoms with E-state index in [1.165, 1.54) is 18.9 Å². The fourth-order valence-corrected chi connectivity index (χ4v) is 7.42. The van der Waals surface area contributed by atoms with Crippen molar-refractivity contribution in [1.29, 1.82) is 0 Å². The molecule has 0 radical (unpaired) electrons. The Morgan fingerprint density at radius 1 is 1.15 bits per heavy atom. The summed E-state index contributed by atoms with van der Waals surface area (Å²) < 4.78 is 31.2. The normalized spacial score (nSPS) is 22.9. The van der Waals surface area contributed by atoms with E-state index < -0.39 is 15.9 Å². The van der Waals surface area contributed by atoms with Crippen LogP contribution in [-0.2, 0) is 14.6 Å². The highest BCUT2D eigenvalue weighted by Crippen LogP contribution is 2.54. The van der Waals surface area contributed by atoms with Gasteiger partial charge in [-0.15, -0.1) is 0 Å². The van der Waals surface area contributed by atoms with Crippen molar-refractivity contribution in [2.75, 3.05) is 47.6 Å². The summed E-state index contributed by atoms with van der Waals surface area (Å²) in [6.07, 6.45) is 4.76. The number of rotatable bonds is 7. The van der Waals surface area contributed by atoms with Crippen LogP contribution in [-0.4, -0.2) is 68.6 Å². The number of hydrogen-bond acceptors (Lipinski definition) is 8. The minimum absolute atomic E-state index is 0.0121. The van der Waals surface area contributed by atoms with Gasteiger partial charge in [0.15, 0.2) is 9.84 Å². The number of aromatic nitrogens is 1.